The molecule has 9 rings (SSSR count). The summed E-state index contributed by atoms with van der Waals surface area (Å²) in [4.78, 5) is 35.5. The Morgan fingerprint density at radius 1 is 0.220 bits per heavy atom. The van der Waals surface area contributed by atoms with Crippen LogP contribution in [0.5, 0.6) is 34.5 Å². The topological polar surface area (TPSA) is 176 Å². The summed E-state index contributed by atoms with van der Waals surface area (Å²) in [6.07, 6.45) is 28.4. The van der Waals surface area contributed by atoms with E-state index in [4.69, 9.17) is 28.4 Å². The van der Waals surface area contributed by atoms with Gasteiger partial charge in [0.05, 0.1) is 57.5 Å². The van der Waals surface area contributed by atoms with Crippen LogP contribution in [0.25, 0.3) is 66.8 Å². The first-order chi connectivity index (χ1) is 56.9. The number of aromatic carboxylic acids is 3. The Morgan fingerprint density at radius 2 is 0.356 bits per heavy atom. The second-order valence-electron chi connectivity index (χ2n) is 31.8. The van der Waals surface area contributed by atoms with E-state index in [0.29, 0.717) is 35.5 Å². The number of ether oxygens (including phenoxy) is 6. The van der Waals surface area contributed by atoms with Crippen LogP contribution in [0, 0.1) is 74.1 Å². The summed E-state index contributed by atoms with van der Waals surface area (Å²) in [7, 11) is 0. The van der Waals surface area contributed by atoms with E-state index in [0.717, 1.165) is 179 Å². The molecule has 0 aliphatic carbocycles. The third kappa shape index (κ3) is 33.9. The molecule has 0 spiro atoms. The van der Waals surface area contributed by atoms with Crippen LogP contribution in [0.1, 0.15) is 268 Å². The smallest absolute Gasteiger partial charge is 0.545 e. The van der Waals surface area contributed by atoms with Crippen LogP contribution >= 0.6 is 0 Å². The predicted octanol–water partition coefficient (Wildman–Crippen LogP) is 25.7. The fraction of sp³-hybridized carbons (Fsp3) is 0.457. The number of unbranched alkanes of at least 4 members (excludes halogenated alkanes) is 6. The third-order valence-electron chi connectivity index (χ3n) is 22.8. The number of hydrogen-bond acceptors (Lipinski definition) is 12. The molecule has 636 valence electrons. The summed E-state index contributed by atoms with van der Waals surface area (Å²) < 4.78 is 36.3. The maximum Gasteiger partial charge on any atom is 3.00 e. The van der Waals surface area contributed by atoms with Crippen molar-refractivity contribution in [1.82, 2.24) is 0 Å². The van der Waals surface area contributed by atoms with Crippen LogP contribution in [0.2, 0.25) is 0 Å². The molecule has 9 aromatic rings. The zero-order chi connectivity index (χ0) is 84.1. The first-order valence-electron chi connectivity index (χ1n) is 44.4. The van der Waals surface area contributed by atoms with Crippen molar-refractivity contribution in [2.75, 3.05) is 39.6 Å². The minimum atomic E-state index is -1.19. The molecule has 0 aliphatic rings. The van der Waals surface area contributed by atoms with Gasteiger partial charge in [-0.1, -0.05) is 271 Å². The zero-order valence-electron chi connectivity index (χ0n) is 73.0. The van der Waals surface area contributed by atoms with Crippen LogP contribution in [-0.4, -0.2) is 57.5 Å². The standard InChI is InChI=1S/3C35H46O4.Tb/c3*1-5-9-11-26(7-3)24-38-33-17-13-28(14-18-33)30-21-31(23-32(22-30)35(36)37)29-15-19-34(20-16-29)39-25-27(8-4)12-10-6-2;/h3*13-23,26-27H,5-12,24-25H2,1-4H3,(H,36,37);/q;;;+3/p-3. The number of benzene rings is 9. The Morgan fingerprint density at radius 3 is 0.466 bits per heavy atom. The number of rotatable bonds is 51. The van der Waals surface area contributed by atoms with Gasteiger partial charge < -0.3 is 58.1 Å². The van der Waals surface area contributed by atoms with E-state index in [1.165, 1.54) is 116 Å². The molecule has 9 aromatic carbocycles. The molecule has 0 saturated heterocycles. The Labute approximate surface area is 739 Å². The number of carbonyl (C=O) groups is 3. The summed E-state index contributed by atoms with van der Waals surface area (Å²) in [6, 6.07) is 63.5. The second kappa shape index (κ2) is 55.3. The Bertz CT molecular complexity index is 3600. The maximum absolute atomic E-state index is 11.8. The maximum atomic E-state index is 11.8. The summed E-state index contributed by atoms with van der Waals surface area (Å²) in [5.41, 5.74) is 11.0. The van der Waals surface area contributed by atoms with Crippen LogP contribution in [0.4, 0.5) is 0 Å². The van der Waals surface area contributed by atoms with E-state index in [-0.39, 0.29) is 55.3 Å². The molecule has 12 nitrogen and oxygen atoms in total. The van der Waals surface area contributed by atoms with Gasteiger partial charge in [-0.2, -0.15) is 0 Å². The molecule has 0 heterocycles. The van der Waals surface area contributed by atoms with Gasteiger partial charge in [-0.05, 0) is 285 Å². The molecule has 0 radical (unpaired) electrons. The van der Waals surface area contributed by atoms with Crippen LogP contribution < -0.4 is 43.7 Å². The number of carbonyl (C=O) groups excluding carboxylic acids is 3. The van der Waals surface area contributed by atoms with Gasteiger partial charge in [0.15, 0.2) is 0 Å². The monoisotopic (exact) mass is 1750 g/mol. The fourth-order valence-electron chi connectivity index (χ4n) is 14.4. The van der Waals surface area contributed by atoms with Crippen molar-refractivity contribution in [1.29, 1.82) is 0 Å². The molecule has 6 unspecified atom stereocenters. The summed E-state index contributed by atoms with van der Waals surface area (Å²) in [5, 5.41) is 35.5. The molecule has 0 aromatic heterocycles. The predicted molar refractivity (Wildman–Crippen MR) is 478 cm³/mol. The molecule has 0 N–H and O–H groups in total. The number of hydrogen-bond donors (Lipinski definition) is 0. The van der Waals surface area contributed by atoms with E-state index in [1.807, 2.05) is 164 Å². The van der Waals surface area contributed by atoms with Gasteiger partial charge in [-0.25, -0.2) is 0 Å². The molecule has 0 bridgehead atoms. The normalized spacial score (nSPS) is 12.5. The largest absolute Gasteiger partial charge is 3.00 e. The average Bonchev–Trinajstić information content (AvgIpc) is 0.817. The minimum Gasteiger partial charge on any atom is -0.545 e. The van der Waals surface area contributed by atoms with Gasteiger partial charge in [0.25, 0.3) is 0 Å². The molecular formula is C105H135O12Tb. The first kappa shape index (κ1) is 98.3. The van der Waals surface area contributed by atoms with Crippen molar-refractivity contribution < 1.29 is 96.7 Å². The molecule has 13 heteroatoms. The second-order valence-corrected chi connectivity index (χ2v) is 31.8. The van der Waals surface area contributed by atoms with Crippen molar-refractivity contribution >= 4 is 17.9 Å². The molecular weight excluding hydrogens is 1610 g/mol. The van der Waals surface area contributed by atoms with Gasteiger partial charge in [0, 0.05) is 0 Å². The van der Waals surface area contributed by atoms with Gasteiger partial charge in [0.2, 0.25) is 0 Å². The Kier molecular flexibility index (Phi) is 46.1. The van der Waals surface area contributed by atoms with Crippen LogP contribution in [0.3, 0.4) is 0 Å². The van der Waals surface area contributed by atoms with Crippen molar-refractivity contribution in [3.8, 4) is 101 Å². The van der Waals surface area contributed by atoms with Crippen molar-refractivity contribution in [2.45, 2.75) is 237 Å². The van der Waals surface area contributed by atoms with E-state index >= 15 is 0 Å². The average molecular weight is 1750 g/mol. The first-order valence-corrected chi connectivity index (χ1v) is 44.4. The molecule has 6 atom stereocenters. The third-order valence-corrected chi connectivity index (χ3v) is 22.8. The van der Waals surface area contributed by atoms with Crippen LogP contribution in [0.15, 0.2) is 200 Å². The van der Waals surface area contributed by atoms with Crippen LogP contribution in [-0.2, 0) is 0 Å². The molecule has 0 aliphatic heterocycles. The minimum absolute atomic E-state index is 0. The van der Waals surface area contributed by atoms with E-state index < -0.39 is 17.9 Å². The van der Waals surface area contributed by atoms with E-state index in [2.05, 4.69) is 83.1 Å². The van der Waals surface area contributed by atoms with E-state index in [1.54, 1.807) is 36.4 Å². The summed E-state index contributed by atoms with van der Waals surface area (Å²) in [6.45, 7) is 30.9. The number of carboxylic acid groups (broad SMARTS) is 3. The molecule has 0 saturated carbocycles. The van der Waals surface area contributed by atoms with Gasteiger partial charge in [-0.3, -0.25) is 0 Å². The van der Waals surface area contributed by atoms with Crippen molar-refractivity contribution in [3.63, 3.8) is 0 Å². The van der Waals surface area contributed by atoms with Crippen molar-refractivity contribution in [3.05, 3.63) is 217 Å². The van der Waals surface area contributed by atoms with Gasteiger partial charge >= 0.3 is 38.6 Å². The zero-order valence-corrected chi connectivity index (χ0v) is 75.1. The molecule has 118 heavy (non-hydrogen) atoms. The summed E-state index contributed by atoms with van der Waals surface area (Å²) >= 11 is 0. The SMILES string of the molecule is CCCCC(CC)COc1ccc(-c2cc(C(=O)[O-])cc(-c3ccc(OCC(CC)CCCC)cc3)c2)cc1.CCCCC(CC)COc1ccc(-c2cc(C(=O)[O-])cc(-c3ccc(OCC(CC)CCCC)cc3)c2)cc1.CCCCC(CC)COc1ccc(-c2cc(C(=O)[O-])cc(-c3ccc(OCC(CC)CCCC)cc3)c2)cc1.[Tb+3]. The Balaban J connectivity index is 0.000000274. The van der Waals surface area contributed by atoms with Gasteiger partial charge in [0.1, 0.15) is 34.5 Å². The molecule has 0 amide bonds. The molecule has 0 fully saturated rings. The van der Waals surface area contributed by atoms with E-state index in [9.17, 15) is 29.7 Å². The fourth-order valence-corrected chi connectivity index (χ4v) is 14.4. The Hall–Kier alpha value is -8.52. The van der Waals surface area contributed by atoms with Crippen molar-refractivity contribution in [2.24, 2.45) is 35.5 Å². The number of carboxylic acids is 3. The van der Waals surface area contributed by atoms with Gasteiger partial charge in [-0.15, -0.1) is 0 Å². The summed E-state index contributed by atoms with van der Waals surface area (Å²) in [5.74, 6) is 4.85. The quantitative estimate of drug-likeness (QED) is 0.0353.